The summed E-state index contributed by atoms with van der Waals surface area (Å²) in [7, 11) is 0. The van der Waals surface area contributed by atoms with Gasteiger partial charge in [0, 0.05) is 0 Å². The SMILES string of the molecule is CC1C(C)[C@@H]2C[C@H]1CC2c1cccc2ccccc12. The molecule has 2 aromatic rings. The molecule has 0 radical (unpaired) electrons. The van der Waals surface area contributed by atoms with E-state index in [1.807, 2.05) is 0 Å². The fourth-order valence-electron chi connectivity index (χ4n) is 4.87. The van der Waals surface area contributed by atoms with E-state index >= 15 is 0 Å². The van der Waals surface area contributed by atoms with Crippen molar-refractivity contribution in [2.45, 2.75) is 32.6 Å². The molecule has 98 valence electrons. The van der Waals surface area contributed by atoms with Gasteiger partial charge in [-0.25, -0.2) is 0 Å². The summed E-state index contributed by atoms with van der Waals surface area (Å²) in [5, 5.41) is 2.89. The van der Waals surface area contributed by atoms with E-state index in [4.69, 9.17) is 0 Å². The number of fused-ring (bicyclic) bond motifs is 3. The molecule has 2 fully saturated rings. The minimum atomic E-state index is 0.808. The van der Waals surface area contributed by atoms with Crippen molar-refractivity contribution in [3.8, 4) is 0 Å². The smallest absolute Gasteiger partial charge is 0.0122 e. The van der Waals surface area contributed by atoms with Gasteiger partial charge in [0.15, 0.2) is 0 Å². The third-order valence-corrected chi connectivity index (χ3v) is 6.12. The molecule has 19 heavy (non-hydrogen) atoms. The van der Waals surface area contributed by atoms with Gasteiger partial charge < -0.3 is 0 Å². The molecule has 0 N–H and O–H groups in total. The first-order valence-electron chi connectivity index (χ1n) is 7.73. The molecule has 4 rings (SSSR count). The van der Waals surface area contributed by atoms with E-state index in [-0.39, 0.29) is 0 Å². The van der Waals surface area contributed by atoms with Crippen LogP contribution in [0.15, 0.2) is 42.5 Å². The Kier molecular flexibility index (Phi) is 2.48. The molecule has 2 aromatic carbocycles. The quantitative estimate of drug-likeness (QED) is 0.649. The molecule has 0 aromatic heterocycles. The van der Waals surface area contributed by atoms with Crippen molar-refractivity contribution in [1.29, 1.82) is 0 Å². The van der Waals surface area contributed by atoms with Gasteiger partial charge in [-0.15, -0.1) is 0 Å². The van der Waals surface area contributed by atoms with Gasteiger partial charge in [0.05, 0.1) is 0 Å². The van der Waals surface area contributed by atoms with Crippen LogP contribution in [-0.4, -0.2) is 0 Å². The Morgan fingerprint density at radius 3 is 2.42 bits per heavy atom. The maximum atomic E-state index is 2.48. The summed E-state index contributed by atoms with van der Waals surface area (Å²) >= 11 is 0. The van der Waals surface area contributed by atoms with Crippen LogP contribution in [0.2, 0.25) is 0 Å². The van der Waals surface area contributed by atoms with Gasteiger partial charge in [-0.2, -0.15) is 0 Å². The van der Waals surface area contributed by atoms with Crippen LogP contribution in [0.25, 0.3) is 10.8 Å². The summed E-state index contributed by atoms with van der Waals surface area (Å²) in [6.07, 6.45) is 2.89. The topological polar surface area (TPSA) is 0 Å². The third kappa shape index (κ3) is 1.59. The molecule has 2 saturated carbocycles. The first-order valence-corrected chi connectivity index (χ1v) is 7.73. The number of hydrogen-bond donors (Lipinski definition) is 0. The normalized spacial score (nSPS) is 37.1. The van der Waals surface area contributed by atoms with Crippen LogP contribution < -0.4 is 0 Å². The first kappa shape index (κ1) is 11.5. The maximum absolute atomic E-state index is 2.48. The summed E-state index contributed by atoms with van der Waals surface area (Å²) in [4.78, 5) is 0. The fourth-order valence-corrected chi connectivity index (χ4v) is 4.87. The molecule has 2 aliphatic carbocycles. The van der Waals surface area contributed by atoms with Gasteiger partial charge in [-0.3, -0.25) is 0 Å². The van der Waals surface area contributed by atoms with Gasteiger partial charge >= 0.3 is 0 Å². The zero-order valence-corrected chi connectivity index (χ0v) is 11.8. The second kappa shape index (κ2) is 4.10. The zero-order chi connectivity index (χ0) is 13.0. The highest BCUT2D eigenvalue weighted by Crippen LogP contribution is 2.59. The molecule has 0 spiro atoms. The predicted molar refractivity (Wildman–Crippen MR) is 81.2 cm³/mol. The summed E-state index contributed by atoms with van der Waals surface area (Å²) < 4.78 is 0. The Balaban J connectivity index is 1.80. The Hall–Kier alpha value is -1.30. The summed E-state index contributed by atoms with van der Waals surface area (Å²) in [6.45, 7) is 4.95. The molecule has 2 aliphatic rings. The highest BCUT2D eigenvalue weighted by atomic mass is 14.5. The van der Waals surface area contributed by atoms with Crippen LogP contribution >= 0.6 is 0 Å². The lowest BCUT2D eigenvalue weighted by molar-refractivity contribution is 0.233. The molecular weight excluding hydrogens is 228 g/mol. The average Bonchev–Trinajstić information content (AvgIpc) is 2.99. The standard InChI is InChI=1S/C19H22/c1-12-13(2)18-10-15(12)11-19(18)17-9-5-7-14-6-3-4-8-16(14)17/h3-9,12-13,15,18-19H,10-11H2,1-2H3/t12?,13?,15-,18-,19?/m0/s1. The predicted octanol–water partition coefficient (Wildman–Crippen LogP) is 5.24. The van der Waals surface area contributed by atoms with E-state index in [1.54, 1.807) is 5.56 Å². The number of hydrogen-bond acceptors (Lipinski definition) is 0. The average molecular weight is 250 g/mol. The minimum Gasteiger partial charge on any atom is -0.0620 e. The van der Waals surface area contributed by atoms with Crippen molar-refractivity contribution >= 4 is 10.8 Å². The Bertz CT molecular complexity index is 605. The summed E-state index contributed by atoms with van der Waals surface area (Å²) in [5.41, 5.74) is 1.62. The lowest BCUT2D eigenvalue weighted by atomic mass is 9.72. The number of rotatable bonds is 1. The first-order chi connectivity index (χ1) is 9.25. The minimum absolute atomic E-state index is 0.808. The summed E-state index contributed by atoms with van der Waals surface area (Å²) in [5.74, 6) is 4.55. The van der Waals surface area contributed by atoms with Gasteiger partial charge in [0.1, 0.15) is 0 Å². The van der Waals surface area contributed by atoms with Crippen molar-refractivity contribution in [3.05, 3.63) is 48.0 Å². The van der Waals surface area contributed by atoms with Crippen LogP contribution in [0.1, 0.15) is 38.2 Å². The maximum Gasteiger partial charge on any atom is -0.0122 e. The van der Waals surface area contributed by atoms with Crippen molar-refractivity contribution < 1.29 is 0 Å². The summed E-state index contributed by atoms with van der Waals surface area (Å²) in [6, 6.07) is 15.8. The molecule has 0 nitrogen and oxygen atoms in total. The van der Waals surface area contributed by atoms with Gasteiger partial charge in [0.2, 0.25) is 0 Å². The van der Waals surface area contributed by atoms with Crippen molar-refractivity contribution in [2.75, 3.05) is 0 Å². The lowest BCUT2D eigenvalue weighted by Gasteiger charge is -2.32. The van der Waals surface area contributed by atoms with Crippen LogP contribution in [0.5, 0.6) is 0 Å². The highest BCUT2D eigenvalue weighted by molar-refractivity contribution is 5.86. The van der Waals surface area contributed by atoms with E-state index in [9.17, 15) is 0 Å². The Morgan fingerprint density at radius 2 is 1.63 bits per heavy atom. The molecular formula is C19H22. The largest absolute Gasteiger partial charge is 0.0620 e. The van der Waals surface area contributed by atoms with Crippen molar-refractivity contribution in [2.24, 2.45) is 23.7 Å². The van der Waals surface area contributed by atoms with E-state index in [0.717, 1.165) is 29.6 Å². The molecule has 3 unspecified atom stereocenters. The second-order valence-electron chi connectivity index (χ2n) is 6.79. The number of benzene rings is 2. The van der Waals surface area contributed by atoms with Gasteiger partial charge in [-0.05, 0) is 58.8 Å². The van der Waals surface area contributed by atoms with Crippen LogP contribution in [0.3, 0.4) is 0 Å². The molecule has 0 saturated heterocycles. The van der Waals surface area contributed by atoms with E-state index in [2.05, 4.69) is 56.3 Å². The molecule has 0 heteroatoms. The molecule has 0 aliphatic heterocycles. The van der Waals surface area contributed by atoms with Crippen LogP contribution in [-0.2, 0) is 0 Å². The van der Waals surface area contributed by atoms with Crippen LogP contribution in [0, 0.1) is 23.7 Å². The lowest BCUT2D eigenvalue weighted by Crippen LogP contribution is -2.23. The van der Waals surface area contributed by atoms with Crippen molar-refractivity contribution in [1.82, 2.24) is 0 Å². The van der Waals surface area contributed by atoms with E-state index < -0.39 is 0 Å². The molecule has 5 atom stereocenters. The zero-order valence-electron chi connectivity index (χ0n) is 11.8. The molecule has 2 bridgehead atoms. The Labute approximate surface area is 115 Å². The molecule has 0 amide bonds. The fraction of sp³-hybridized carbons (Fsp3) is 0.474. The van der Waals surface area contributed by atoms with E-state index in [1.165, 1.54) is 23.6 Å². The highest BCUT2D eigenvalue weighted by Gasteiger charge is 2.49. The van der Waals surface area contributed by atoms with E-state index in [0.29, 0.717) is 0 Å². The molecule has 0 heterocycles. The van der Waals surface area contributed by atoms with Gasteiger partial charge in [-0.1, -0.05) is 56.3 Å². The third-order valence-electron chi connectivity index (χ3n) is 6.12. The monoisotopic (exact) mass is 250 g/mol. The van der Waals surface area contributed by atoms with Crippen molar-refractivity contribution in [3.63, 3.8) is 0 Å². The Morgan fingerprint density at radius 1 is 0.842 bits per heavy atom. The van der Waals surface area contributed by atoms with Crippen LogP contribution in [0.4, 0.5) is 0 Å². The second-order valence-corrected chi connectivity index (χ2v) is 6.79. The van der Waals surface area contributed by atoms with Gasteiger partial charge in [0.25, 0.3) is 0 Å².